The number of carbonyl (C=O) groups excluding carboxylic acids is 1. The Morgan fingerprint density at radius 1 is 1.10 bits per heavy atom. The molecule has 0 spiro atoms. The Labute approximate surface area is 249 Å². The highest BCUT2D eigenvalue weighted by atomic mass is 35.5. The zero-order chi connectivity index (χ0) is 29.7. The number of alkyl halides is 3. The number of benzene rings is 1. The van der Waals surface area contributed by atoms with Crippen LogP contribution in [0.25, 0.3) is 0 Å². The monoisotopic (exact) mass is 613 g/mol. The van der Waals surface area contributed by atoms with Crippen molar-refractivity contribution in [1.82, 2.24) is 14.9 Å². The van der Waals surface area contributed by atoms with Gasteiger partial charge in [-0.2, -0.15) is 24.9 Å². The lowest BCUT2D eigenvalue weighted by Gasteiger charge is -2.47. The van der Waals surface area contributed by atoms with E-state index in [1.54, 1.807) is 18.5 Å². The zero-order valence-corrected chi connectivity index (χ0v) is 25.6. The van der Waals surface area contributed by atoms with Crippen LogP contribution >= 0.6 is 23.4 Å². The van der Waals surface area contributed by atoms with Crippen molar-refractivity contribution in [3.05, 3.63) is 46.7 Å². The van der Waals surface area contributed by atoms with Gasteiger partial charge in [0.2, 0.25) is 5.95 Å². The van der Waals surface area contributed by atoms with E-state index in [2.05, 4.69) is 4.90 Å². The molecule has 12 heteroatoms. The van der Waals surface area contributed by atoms with Gasteiger partial charge in [0.05, 0.1) is 29.7 Å². The van der Waals surface area contributed by atoms with Crippen molar-refractivity contribution >= 4 is 41.1 Å². The number of thioether (sulfide) groups is 1. The van der Waals surface area contributed by atoms with Gasteiger partial charge < -0.3 is 19.4 Å². The molecule has 41 heavy (non-hydrogen) atoms. The highest BCUT2D eigenvalue weighted by Crippen LogP contribution is 2.36. The molecule has 3 heterocycles. The van der Waals surface area contributed by atoms with E-state index in [0.29, 0.717) is 24.4 Å². The number of rotatable bonds is 8. The van der Waals surface area contributed by atoms with Gasteiger partial charge in [0.25, 0.3) is 0 Å². The second-order valence-corrected chi connectivity index (χ2v) is 12.6. The van der Waals surface area contributed by atoms with Gasteiger partial charge in [-0.05, 0) is 63.3 Å². The minimum Gasteiger partial charge on any atom is -0.447 e. The molecule has 2 fully saturated rings. The fourth-order valence-corrected chi connectivity index (χ4v) is 6.86. The van der Waals surface area contributed by atoms with E-state index in [4.69, 9.17) is 26.3 Å². The van der Waals surface area contributed by atoms with E-state index in [-0.39, 0.29) is 41.9 Å². The Bertz CT molecular complexity index is 1150. The Hall–Kier alpha value is -2.40. The summed E-state index contributed by atoms with van der Waals surface area (Å²) in [4.78, 5) is 28.6. The van der Waals surface area contributed by atoms with Crippen LogP contribution in [-0.4, -0.2) is 69.8 Å². The molecule has 0 saturated carbocycles. The van der Waals surface area contributed by atoms with E-state index in [0.717, 1.165) is 55.3 Å². The van der Waals surface area contributed by atoms with E-state index < -0.39 is 11.7 Å². The van der Waals surface area contributed by atoms with Gasteiger partial charge in [0.15, 0.2) is 0 Å². The standard InChI is InChI=1S/C29H39ClF3N5O2S/c1-5-23-14-25(15-24(6-2)38(23)28(39)40-19(3)4)37(18-20-11-21(29(31,32)33)13-22(30)12-20)27-34-16-26(17-35-27)36-7-9-41-10-8-36/h11-13,16-17,19,23-25H,5-10,14-15,18H2,1-4H3/t23-,24+,25+. The predicted octanol–water partition coefficient (Wildman–Crippen LogP) is 7.28. The first-order valence-electron chi connectivity index (χ1n) is 14.3. The molecular formula is C29H39ClF3N5O2S. The van der Waals surface area contributed by atoms with Gasteiger partial charge in [-0.15, -0.1) is 0 Å². The maximum Gasteiger partial charge on any atom is 0.416 e. The smallest absolute Gasteiger partial charge is 0.416 e. The molecule has 4 rings (SSSR count). The van der Waals surface area contributed by atoms with Gasteiger partial charge in [-0.3, -0.25) is 0 Å². The number of aromatic nitrogens is 2. The van der Waals surface area contributed by atoms with Crippen LogP contribution in [0.2, 0.25) is 5.02 Å². The van der Waals surface area contributed by atoms with Crippen molar-refractivity contribution in [2.24, 2.45) is 0 Å². The molecule has 1 amide bonds. The maximum atomic E-state index is 13.6. The molecule has 0 bridgehead atoms. The van der Waals surface area contributed by atoms with E-state index in [1.165, 1.54) is 0 Å². The third-order valence-corrected chi connectivity index (χ3v) is 8.86. The van der Waals surface area contributed by atoms with Gasteiger partial charge in [0.1, 0.15) is 0 Å². The van der Waals surface area contributed by atoms with Crippen LogP contribution in [0.15, 0.2) is 30.6 Å². The minimum atomic E-state index is -4.52. The molecule has 7 nitrogen and oxygen atoms in total. The largest absolute Gasteiger partial charge is 0.447 e. The first-order chi connectivity index (χ1) is 19.5. The Kier molecular flexibility index (Phi) is 10.5. The lowest BCUT2D eigenvalue weighted by molar-refractivity contribution is -0.137. The fourth-order valence-electron chi connectivity index (χ4n) is 5.70. The van der Waals surface area contributed by atoms with Gasteiger partial charge in [-0.25, -0.2) is 14.8 Å². The van der Waals surface area contributed by atoms with Crippen molar-refractivity contribution in [2.75, 3.05) is 34.4 Å². The molecular weight excluding hydrogens is 575 g/mol. The van der Waals surface area contributed by atoms with Crippen LogP contribution in [-0.2, 0) is 17.5 Å². The number of anilines is 2. The lowest BCUT2D eigenvalue weighted by atomic mass is 9.87. The highest BCUT2D eigenvalue weighted by Gasteiger charge is 2.41. The number of carbonyl (C=O) groups is 1. The molecule has 1 aromatic carbocycles. The Morgan fingerprint density at radius 3 is 2.24 bits per heavy atom. The molecule has 2 aliphatic heterocycles. The summed E-state index contributed by atoms with van der Waals surface area (Å²) in [6.07, 6.45) is 1.19. The van der Waals surface area contributed by atoms with Crippen LogP contribution in [0.1, 0.15) is 64.5 Å². The number of nitrogens with zero attached hydrogens (tertiary/aromatic N) is 5. The number of piperidine rings is 1. The first-order valence-corrected chi connectivity index (χ1v) is 15.8. The van der Waals surface area contributed by atoms with Crippen LogP contribution in [0.5, 0.6) is 0 Å². The summed E-state index contributed by atoms with van der Waals surface area (Å²) in [7, 11) is 0. The van der Waals surface area contributed by atoms with Crippen LogP contribution < -0.4 is 9.80 Å². The maximum absolute atomic E-state index is 13.6. The van der Waals surface area contributed by atoms with Crippen LogP contribution in [0.4, 0.5) is 29.6 Å². The van der Waals surface area contributed by atoms with Crippen molar-refractivity contribution in [2.45, 2.75) is 90.3 Å². The molecule has 0 unspecified atom stereocenters. The second kappa shape index (κ2) is 13.7. The average Bonchev–Trinajstić information content (AvgIpc) is 2.94. The summed E-state index contributed by atoms with van der Waals surface area (Å²) in [6.45, 7) is 9.72. The molecule has 0 aliphatic carbocycles. The summed E-state index contributed by atoms with van der Waals surface area (Å²) >= 11 is 8.07. The van der Waals surface area contributed by atoms with Crippen molar-refractivity contribution < 1.29 is 22.7 Å². The van der Waals surface area contributed by atoms with Gasteiger partial charge >= 0.3 is 12.3 Å². The third kappa shape index (κ3) is 7.91. The molecule has 1 aromatic heterocycles. The highest BCUT2D eigenvalue weighted by molar-refractivity contribution is 7.99. The van der Waals surface area contributed by atoms with Gasteiger partial charge in [-0.1, -0.05) is 25.4 Å². The summed E-state index contributed by atoms with van der Waals surface area (Å²) in [5, 5.41) is 0.0260. The zero-order valence-electron chi connectivity index (χ0n) is 24.0. The van der Waals surface area contributed by atoms with E-state index in [1.807, 2.05) is 49.3 Å². The molecule has 0 radical (unpaired) electrons. The van der Waals surface area contributed by atoms with E-state index in [9.17, 15) is 18.0 Å². The third-order valence-electron chi connectivity index (χ3n) is 7.70. The molecule has 2 aromatic rings. The number of halogens is 4. The summed E-state index contributed by atoms with van der Waals surface area (Å²) in [5.41, 5.74) is 0.567. The number of ether oxygens (including phenoxy) is 1. The first kappa shape index (κ1) is 31.5. The van der Waals surface area contributed by atoms with E-state index >= 15 is 0 Å². The minimum absolute atomic E-state index is 0.0260. The fraction of sp³-hybridized carbons (Fsp3) is 0.621. The van der Waals surface area contributed by atoms with Crippen molar-refractivity contribution in [1.29, 1.82) is 0 Å². The average molecular weight is 614 g/mol. The summed E-state index contributed by atoms with van der Waals surface area (Å²) in [5.74, 6) is 2.53. The number of amides is 1. The normalized spacial score (nSPS) is 21.7. The van der Waals surface area contributed by atoms with Crippen LogP contribution in [0, 0.1) is 0 Å². The molecule has 3 atom stereocenters. The second-order valence-electron chi connectivity index (χ2n) is 10.9. The number of likely N-dealkylation sites (tertiary alicyclic amines) is 1. The van der Waals surface area contributed by atoms with Crippen molar-refractivity contribution in [3.8, 4) is 0 Å². The summed E-state index contributed by atoms with van der Waals surface area (Å²) < 4.78 is 46.5. The number of hydrogen-bond acceptors (Lipinski definition) is 7. The Morgan fingerprint density at radius 2 is 1.71 bits per heavy atom. The number of hydrogen-bond donors (Lipinski definition) is 0. The quantitative estimate of drug-likeness (QED) is 0.310. The predicted molar refractivity (Wildman–Crippen MR) is 159 cm³/mol. The molecule has 2 aliphatic rings. The van der Waals surface area contributed by atoms with Crippen molar-refractivity contribution in [3.63, 3.8) is 0 Å². The Balaban J connectivity index is 1.68. The summed E-state index contributed by atoms with van der Waals surface area (Å²) in [6, 6.07) is 3.34. The molecule has 226 valence electrons. The topological polar surface area (TPSA) is 61.8 Å². The SMILES string of the molecule is CC[C@@H]1C[C@H](N(Cc2cc(Cl)cc(C(F)(F)F)c2)c2ncc(N3CCSCC3)cn2)C[C@H](CC)N1C(=O)OC(C)C. The van der Waals surface area contributed by atoms with Gasteiger partial charge in [0, 0.05) is 54.3 Å². The van der Waals surface area contributed by atoms with Crippen LogP contribution in [0.3, 0.4) is 0 Å². The molecule has 2 saturated heterocycles. The molecule has 0 N–H and O–H groups in total. The lowest BCUT2D eigenvalue weighted by Crippen LogP contribution is -2.57.